The molecular weight excluding hydrogens is 608 g/mol. The lowest BCUT2D eigenvalue weighted by Crippen LogP contribution is -2.42. The van der Waals surface area contributed by atoms with Crippen LogP contribution in [0, 0.1) is 0 Å². The lowest BCUT2D eigenvalue weighted by Gasteiger charge is -2.30. The second kappa shape index (κ2) is 11.9. The van der Waals surface area contributed by atoms with Crippen LogP contribution in [0.25, 0.3) is 17.1 Å². The second-order valence-corrected chi connectivity index (χ2v) is 12.6. The first-order chi connectivity index (χ1) is 19.8. The van der Waals surface area contributed by atoms with Gasteiger partial charge in [0.2, 0.25) is 21.9 Å². The van der Waals surface area contributed by atoms with Gasteiger partial charge in [-0.05, 0) is 32.8 Å². The van der Waals surface area contributed by atoms with Gasteiger partial charge in [0.05, 0.1) is 24.2 Å². The van der Waals surface area contributed by atoms with Crippen molar-refractivity contribution in [2.24, 2.45) is 0 Å². The lowest BCUT2D eigenvalue weighted by atomic mass is 10.1. The summed E-state index contributed by atoms with van der Waals surface area (Å²) in [5, 5.41) is 12.7. The number of aliphatic hydroxyl groups is 1. The van der Waals surface area contributed by atoms with Crippen LogP contribution in [-0.2, 0) is 22.4 Å². The number of aromatic nitrogens is 5. The number of imidazole rings is 1. The van der Waals surface area contributed by atoms with Crippen LogP contribution in [0.4, 0.5) is 32.3 Å². The Morgan fingerprint density at radius 1 is 1.05 bits per heavy atom. The van der Waals surface area contributed by atoms with E-state index in [2.05, 4.69) is 25.3 Å². The molecule has 0 unspecified atom stereocenters. The third-order valence-corrected chi connectivity index (χ3v) is 7.84. The van der Waals surface area contributed by atoms with Crippen LogP contribution in [0.1, 0.15) is 44.4 Å². The van der Waals surface area contributed by atoms with Crippen molar-refractivity contribution in [2.75, 3.05) is 31.3 Å². The Kier molecular flexibility index (Phi) is 8.95. The first kappa shape index (κ1) is 32.4. The van der Waals surface area contributed by atoms with Crippen molar-refractivity contribution in [3.8, 4) is 23.0 Å². The molecule has 236 valence electrons. The van der Waals surface area contributed by atoms with E-state index in [4.69, 9.17) is 4.74 Å². The average molecular weight is 638 g/mol. The van der Waals surface area contributed by atoms with Gasteiger partial charge in [-0.3, -0.25) is 0 Å². The Labute approximate surface area is 243 Å². The van der Waals surface area contributed by atoms with Crippen LogP contribution in [0.15, 0.2) is 30.9 Å². The lowest BCUT2D eigenvalue weighted by molar-refractivity contribution is -0.141. The number of piperidine rings is 1. The van der Waals surface area contributed by atoms with E-state index in [1.165, 1.54) is 18.2 Å². The summed E-state index contributed by atoms with van der Waals surface area (Å²) < 4.78 is 114. The highest BCUT2D eigenvalue weighted by Gasteiger charge is 2.38. The first-order valence-corrected chi connectivity index (χ1v) is 14.8. The molecule has 0 atom stereocenters. The number of nitrogens with one attached hydrogen (secondary N) is 1. The molecule has 0 saturated carbocycles. The Morgan fingerprint density at radius 2 is 1.72 bits per heavy atom. The fourth-order valence-corrected chi connectivity index (χ4v) is 5.16. The highest BCUT2D eigenvalue weighted by Crippen LogP contribution is 2.37. The van der Waals surface area contributed by atoms with Gasteiger partial charge in [-0.15, -0.1) is 0 Å². The maximum absolute atomic E-state index is 13.9. The fraction of sp³-hybridized carbons (Fsp3) is 0.520. The van der Waals surface area contributed by atoms with Crippen LogP contribution < -0.4 is 10.1 Å². The molecule has 4 rings (SSSR count). The summed E-state index contributed by atoms with van der Waals surface area (Å²) in [6.45, 7) is 3.32. The summed E-state index contributed by atoms with van der Waals surface area (Å²) in [6, 6.07) is 1.88. The van der Waals surface area contributed by atoms with Crippen LogP contribution in [0.3, 0.4) is 0 Å². The van der Waals surface area contributed by atoms with Crippen molar-refractivity contribution in [1.82, 2.24) is 28.8 Å². The van der Waals surface area contributed by atoms with E-state index in [-0.39, 0.29) is 49.7 Å². The Hall–Kier alpha value is -3.51. The third kappa shape index (κ3) is 8.32. The monoisotopic (exact) mass is 637 g/mol. The highest BCUT2D eigenvalue weighted by molar-refractivity contribution is 7.88. The van der Waals surface area contributed by atoms with Crippen molar-refractivity contribution in [2.45, 2.75) is 57.1 Å². The largest absolute Gasteiger partial charge is 0.478 e. The molecule has 0 bridgehead atoms. The summed E-state index contributed by atoms with van der Waals surface area (Å²) in [5.41, 5.74) is -5.27. The molecule has 4 heterocycles. The normalized spacial score (nSPS) is 16.0. The zero-order valence-electron chi connectivity index (χ0n) is 23.2. The number of sulfonamides is 1. The van der Waals surface area contributed by atoms with Crippen LogP contribution >= 0.6 is 0 Å². The molecule has 18 heteroatoms. The number of ether oxygens (including phenoxy) is 1. The number of anilines is 1. The molecule has 0 aromatic carbocycles. The molecule has 2 N–H and O–H groups in total. The average Bonchev–Trinajstić information content (AvgIpc) is 3.37. The molecule has 0 spiro atoms. The van der Waals surface area contributed by atoms with Gasteiger partial charge >= 0.3 is 12.4 Å². The van der Waals surface area contributed by atoms with Gasteiger partial charge in [0, 0.05) is 44.0 Å². The zero-order chi connectivity index (χ0) is 31.8. The zero-order valence-corrected chi connectivity index (χ0v) is 24.1. The van der Waals surface area contributed by atoms with E-state index in [1.807, 2.05) is 0 Å². The van der Waals surface area contributed by atoms with Crippen molar-refractivity contribution in [3.63, 3.8) is 0 Å². The molecule has 1 aliphatic heterocycles. The van der Waals surface area contributed by atoms with Crippen molar-refractivity contribution in [3.05, 3.63) is 42.1 Å². The van der Waals surface area contributed by atoms with E-state index in [1.54, 1.807) is 0 Å². The van der Waals surface area contributed by atoms with Crippen molar-refractivity contribution in [1.29, 1.82) is 0 Å². The second-order valence-electron chi connectivity index (χ2n) is 10.6. The topological polar surface area (TPSA) is 135 Å². The standard InChI is InChI=1S/C25H29F6N7O4S/c1-23(2,39)8-11-42-19-5-4-18(21(35-19)25(29,30)31)37-13-17(33-14-37)20-16(24(26,27)28)12-32-22(36-20)34-15-6-9-38(10-7-15)43(3,40)41/h4-5,12-15,39H,6-11H2,1-3H3,(H,32,34,36). The molecule has 11 nitrogen and oxygen atoms in total. The third-order valence-electron chi connectivity index (χ3n) is 6.53. The van der Waals surface area contributed by atoms with Gasteiger partial charge in [-0.25, -0.2) is 32.7 Å². The minimum absolute atomic E-state index is 0.108. The summed E-state index contributed by atoms with van der Waals surface area (Å²) in [7, 11) is -3.38. The van der Waals surface area contributed by atoms with Crippen molar-refractivity contribution >= 4 is 16.0 Å². The Bertz CT molecular complexity index is 1550. The van der Waals surface area contributed by atoms with Gasteiger partial charge < -0.3 is 19.7 Å². The molecule has 43 heavy (non-hydrogen) atoms. The first-order valence-electron chi connectivity index (χ1n) is 13.0. The number of pyridine rings is 1. The number of halogens is 6. The molecule has 0 radical (unpaired) electrons. The molecule has 0 aliphatic carbocycles. The smallest absolute Gasteiger partial charge is 0.435 e. The molecule has 1 saturated heterocycles. The molecule has 1 aliphatic rings. The Balaban J connectivity index is 1.63. The van der Waals surface area contributed by atoms with E-state index < -0.39 is 50.6 Å². The van der Waals surface area contributed by atoms with Gasteiger partial charge in [0.1, 0.15) is 23.3 Å². The predicted octanol–water partition coefficient (Wildman–Crippen LogP) is 4.14. The molecule has 0 amide bonds. The van der Waals surface area contributed by atoms with E-state index in [0.29, 0.717) is 19.0 Å². The van der Waals surface area contributed by atoms with Gasteiger partial charge in [0.15, 0.2) is 5.69 Å². The van der Waals surface area contributed by atoms with Gasteiger partial charge in [-0.2, -0.15) is 26.3 Å². The summed E-state index contributed by atoms with van der Waals surface area (Å²) in [5.74, 6) is -0.533. The number of alkyl halides is 6. The van der Waals surface area contributed by atoms with Gasteiger partial charge in [0.25, 0.3) is 0 Å². The molecule has 1 fully saturated rings. The number of nitrogens with zero attached hydrogens (tertiary/aromatic N) is 6. The van der Waals surface area contributed by atoms with Crippen LogP contribution in [0.5, 0.6) is 5.88 Å². The van der Waals surface area contributed by atoms with Gasteiger partial charge in [-0.1, -0.05) is 0 Å². The predicted molar refractivity (Wildman–Crippen MR) is 142 cm³/mol. The molecule has 3 aromatic rings. The molecule has 3 aromatic heterocycles. The van der Waals surface area contributed by atoms with E-state index >= 15 is 0 Å². The molecular formula is C25H29F6N7O4S. The number of rotatable bonds is 9. The summed E-state index contributed by atoms with van der Waals surface area (Å²) in [6.07, 6.45) is -5.51. The van der Waals surface area contributed by atoms with Crippen LogP contribution in [0.2, 0.25) is 0 Å². The van der Waals surface area contributed by atoms with E-state index in [0.717, 1.165) is 35.5 Å². The van der Waals surface area contributed by atoms with Crippen LogP contribution in [-0.4, -0.2) is 79.9 Å². The fourth-order valence-electron chi connectivity index (χ4n) is 4.28. The minimum Gasteiger partial charge on any atom is -0.478 e. The summed E-state index contributed by atoms with van der Waals surface area (Å²) >= 11 is 0. The maximum atomic E-state index is 13.9. The number of hydrogen-bond acceptors (Lipinski definition) is 9. The quantitative estimate of drug-likeness (QED) is 0.332. The summed E-state index contributed by atoms with van der Waals surface area (Å²) in [4.78, 5) is 15.2. The van der Waals surface area contributed by atoms with Crippen molar-refractivity contribution < 1.29 is 44.6 Å². The minimum atomic E-state index is -4.95. The number of hydrogen-bond donors (Lipinski definition) is 2. The Morgan fingerprint density at radius 3 is 2.30 bits per heavy atom. The SMILES string of the molecule is CC(C)(O)CCOc1ccc(-n2cnc(-c3nc(NC4CCN(S(C)(=O)=O)CC4)ncc3C(F)(F)F)c2)c(C(F)(F)F)n1. The maximum Gasteiger partial charge on any atom is 0.435 e. The van der Waals surface area contributed by atoms with E-state index in [9.17, 15) is 39.9 Å². The highest BCUT2D eigenvalue weighted by atomic mass is 32.2.